The Labute approximate surface area is 71.5 Å². The largest absolute Gasteiger partial charge is 0.463 e. The lowest BCUT2D eigenvalue weighted by Gasteiger charge is -1.90. The fraction of sp³-hybridized carbons (Fsp3) is 0.167. The van der Waals surface area contributed by atoms with Crippen LogP contribution in [0.15, 0.2) is 16.5 Å². The van der Waals surface area contributed by atoms with Crippen LogP contribution in [0.4, 0.5) is 0 Å². The summed E-state index contributed by atoms with van der Waals surface area (Å²) in [6, 6.07) is 3.28. The molecule has 10 heavy (non-hydrogen) atoms. The van der Waals surface area contributed by atoms with E-state index in [0.717, 1.165) is 0 Å². The van der Waals surface area contributed by atoms with Gasteiger partial charge in [-0.15, -0.1) is 0 Å². The molecule has 1 heterocycles. The van der Waals surface area contributed by atoms with Crippen molar-refractivity contribution in [2.75, 3.05) is 7.11 Å². The van der Waals surface area contributed by atoms with Crippen molar-refractivity contribution in [2.24, 2.45) is 0 Å². The summed E-state index contributed by atoms with van der Waals surface area (Å²) < 4.78 is 10.0. The zero-order valence-corrected chi connectivity index (χ0v) is 7.41. The summed E-state index contributed by atoms with van der Waals surface area (Å²) in [4.78, 5) is 10.7. The van der Waals surface area contributed by atoms with Gasteiger partial charge >= 0.3 is 5.97 Å². The van der Waals surface area contributed by atoms with Gasteiger partial charge in [-0.25, -0.2) is 4.79 Å². The Balaban J connectivity index is 2.85. The lowest BCUT2D eigenvalue weighted by Crippen LogP contribution is -1.97. The summed E-state index contributed by atoms with van der Waals surface area (Å²) in [7, 11) is 1.32. The normalized spacial score (nSPS) is 9.40. The van der Waals surface area contributed by atoms with Crippen LogP contribution in [-0.4, -0.2) is 13.1 Å². The fourth-order valence-electron chi connectivity index (χ4n) is 0.525. The number of methoxy groups -OCH3 is 1. The van der Waals surface area contributed by atoms with Gasteiger partial charge < -0.3 is 9.15 Å². The number of carbonyl (C=O) groups is 1. The van der Waals surface area contributed by atoms with Crippen LogP contribution in [0.3, 0.4) is 0 Å². The molecule has 1 aromatic rings. The van der Waals surface area contributed by atoms with Crippen molar-refractivity contribution < 1.29 is 13.9 Å². The smallest absolute Gasteiger partial charge is 0.373 e. The lowest BCUT2D eigenvalue weighted by atomic mass is 10.5. The van der Waals surface area contributed by atoms with Gasteiger partial charge in [-0.2, -0.15) is 0 Å². The predicted octanol–water partition coefficient (Wildman–Crippen LogP) is 1.67. The van der Waals surface area contributed by atoms with E-state index in [9.17, 15) is 4.79 Å². The first-order valence-corrected chi connectivity index (χ1v) is 3.65. The van der Waals surface area contributed by atoms with Crippen LogP contribution in [0.1, 0.15) is 10.6 Å². The summed E-state index contributed by atoms with van der Waals surface area (Å²) in [6.07, 6.45) is 0. The summed E-state index contributed by atoms with van der Waals surface area (Å²) in [5.41, 5.74) is 0. The van der Waals surface area contributed by atoms with Crippen LogP contribution in [0, 0.1) is 3.77 Å². The van der Waals surface area contributed by atoms with E-state index in [1.807, 2.05) is 22.6 Å². The van der Waals surface area contributed by atoms with Crippen molar-refractivity contribution in [3.05, 3.63) is 21.7 Å². The third kappa shape index (κ3) is 1.50. The zero-order valence-electron chi connectivity index (χ0n) is 5.26. The molecule has 0 fully saturated rings. The molecular formula is C6H5IO3. The molecule has 0 radical (unpaired) electrons. The van der Waals surface area contributed by atoms with Crippen molar-refractivity contribution in [1.29, 1.82) is 0 Å². The standard InChI is InChI=1S/C6H5IO3/c1-9-6(8)4-2-3-5(7)10-4/h2-3H,1H3. The van der Waals surface area contributed by atoms with Crippen molar-refractivity contribution in [1.82, 2.24) is 0 Å². The molecule has 1 rings (SSSR count). The van der Waals surface area contributed by atoms with Crippen LogP contribution in [-0.2, 0) is 4.74 Å². The first-order valence-electron chi connectivity index (χ1n) is 2.57. The Hall–Kier alpha value is -0.520. The molecule has 0 aliphatic carbocycles. The van der Waals surface area contributed by atoms with Gasteiger partial charge in [0.2, 0.25) is 5.76 Å². The molecule has 0 saturated carbocycles. The van der Waals surface area contributed by atoms with Gasteiger partial charge in [0, 0.05) is 0 Å². The Morgan fingerprint density at radius 2 is 2.40 bits per heavy atom. The highest BCUT2D eigenvalue weighted by Gasteiger charge is 2.08. The molecule has 0 aliphatic rings. The van der Waals surface area contributed by atoms with Gasteiger partial charge in [0.15, 0.2) is 3.77 Å². The third-order valence-electron chi connectivity index (χ3n) is 0.960. The monoisotopic (exact) mass is 252 g/mol. The van der Waals surface area contributed by atoms with Crippen molar-refractivity contribution in [3.8, 4) is 0 Å². The second-order valence-electron chi connectivity index (χ2n) is 1.60. The lowest BCUT2D eigenvalue weighted by molar-refractivity contribution is 0.0563. The Morgan fingerprint density at radius 3 is 2.80 bits per heavy atom. The minimum absolute atomic E-state index is 0.243. The van der Waals surface area contributed by atoms with Crippen LogP contribution in [0.2, 0.25) is 0 Å². The maximum absolute atomic E-state index is 10.7. The predicted molar refractivity (Wildman–Crippen MR) is 42.8 cm³/mol. The number of rotatable bonds is 1. The number of halogens is 1. The molecule has 54 valence electrons. The molecule has 4 heteroatoms. The van der Waals surface area contributed by atoms with Crippen molar-refractivity contribution >= 4 is 28.6 Å². The van der Waals surface area contributed by atoms with E-state index in [2.05, 4.69) is 4.74 Å². The van der Waals surface area contributed by atoms with Crippen LogP contribution >= 0.6 is 22.6 Å². The van der Waals surface area contributed by atoms with Gasteiger partial charge in [0.25, 0.3) is 0 Å². The summed E-state index contributed by atoms with van der Waals surface area (Å²) in [6.45, 7) is 0. The molecule has 0 unspecified atom stereocenters. The molecule has 0 aliphatic heterocycles. The summed E-state index contributed by atoms with van der Waals surface area (Å²) in [5.74, 6) is -0.199. The first kappa shape index (κ1) is 7.59. The van der Waals surface area contributed by atoms with Gasteiger partial charge in [0.05, 0.1) is 7.11 Å². The Bertz CT molecular complexity index is 241. The first-order chi connectivity index (χ1) is 4.74. The second kappa shape index (κ2) is 3.05. The van der Waals surface area contributed by atoms with Gasteiger partial charge in [-0.1, -0.05) is 0 Å². The second-order valence-corrected chi connectivity index (χ2v) is 2.66. The maximum Gasteiger partial charge on any atom is 0.373 e. The molecule has 0 saturated heterocycles. The molecule has 0 amide bonds. The molecule has 3 nitrogen and oxygen atoms in total. The number of hydrogen-bond acceptors (Lipinski definition) is 3. The summed E-state index contributed by atoms with van der Waals surface area (Å²) in [5, 5.41) is 0. The van der Waals surface area contributed by atoms with Gasteiger partial charge in [-0.3, -0.25) is 0 Å². The number of furan rings is 1. The van der Waals surface area contributed by atoms with E-state index in [1.54, 1.807) is 12.1 Å². The highest BCUT2D eigenvalue weighted by atomic mass is 127. The quantitative estimate of drug-likeness (QED) is 0.563. The number of hydrogen-bond donors (Lipinski definition) is 0. The maximum atomic E-state index is 10.7. The fourth-order valence-corrected chi connectivity index (χ4v) is 0.942. The highest BCUT2D eigenvalue weighted by Crippen LogP contribution is 2.10. The number of esters is 1. The van der Waals surface area contributed by atoms with E-state index in [-0.39, 0.29) is 5.76 Å². The molecule has 0 aromatic carbocycles. The van der Waals surface area contributed by atoms with E-state index in [0.29, 0.717) is 3.77 Å². The summed E-state index contributed by atoms with van der Waals surface area (Å²) >= 11 is 1.98. The van der Waals surface area contributed by atoms with Crippen LogP contribution in [0.25, 0.3) is 0 Å². The minimum atomic E-state index is -0.442. The van der Waals surface area contributed by atoms with Crippen LogP contribution in [0.5, 0.6) is 0 Å². The van der Waals surface area contributed by atoms with Gasteiger partial charge in [-0.05, 0) is 34.7 Å². The van der Waals surface area contributed by atoms with E-state index >= 15 is 0 Å². The Morgan fingerprint density at radius 1 is 1.70 bits per heavy atom. The topological polar surface area (TPSA) is 39.4 Å². The molecule has 0 bridgehead atoms. The van der Waals surface area contributed by atoms with Crippen molar-refractivity contribution in [2.45, 2.75) is 0 Å². The molecule has 0 spiro atoms. The average molecular weight is 252 g/mol. The number of carbonyl (C=O) groups excluding carboxylic acids is 1. The Kier molecular flexibility index (Phi) is 2.31. The van der Waals surface area contributed by atoms with E-state index < -0.39 is 5.97 Å². The highest BCUT2D eigenvalue weighted by molar-refractivity contribution is 14.1. The SMILES string of the molecule is COC(=O)c1ccc(I)o1. The van der Waals surface area contributed by atoms with E-state index in [1.165, 1.54) is 7.11 Å². The third-order valence-corrected chi connectivity index (χ3v) is 1.54. The number of ether oxygens (including phenoxy) is 1. The molecule has 0 atom stereocenters. The molecule has 1 aromatic heterocycles. The van der Waals surface area contributed by atoms with E-state index in [4.69, 9.17) is 4.42 Å². The van der Waals surface area contributed by atoms with Gasteiger partial charge in [0.1, 0.15) is 0 Å². The minimum Gasteiger partial charge on any atom is -0.463 e. The average Bonchev–Trinajstić information content (AvgIpc) is 2.34. The van der Waals surface area contributed by atoms with Crippen molar-refractivity contribution in [3.63, 3.8) is 0 Å². The molecule has 0 N–H and O–H groups in total. The molecular weight excluding hydrogens is 247 g/mol. The van der Waals surface area contributed by atoms with Crippen LogP contribution < -0.4 is 0 Å². The zero-order chi connectivity index (χ0) is 7.56.